The SMILES string of the molecule is CC(NS(C)(=O)=O)C(=O)NCc1nc(-c2cccnc2)no1. The van der Waals surface area contributed by atoms with E-state index in [1.54, 1.807) is 24.5 Å². The minimum atomic E-state index is -3.45. The van der Waals surface area contributed by atoms with E-state index in [9.17, 15) is 13.2 Å². The number of amides is 1. The fraction of sp³-hybridized carbons (Fsp3) is 0.333. The molecule has 2 rings (SSSR count). The number of hydrogen-bond acceptors (Lipinski definition) is 7. The third kappa shape index (κ3) is 4.60. The van der Waals surface area contributed by atoms with Gasteiger partial charge in [0.1, 0.15) is 0 Å². The van der Waals surface area contributed by atoms with Gasteiger partial charge in [-0.05, 0) is 19.1 Å². The first-order valence-electron chi connectivity index (χ1n) is 6.33. The van der Waals surface area contributed by atoms with Gasteiger partial charge >= 0.3 is 0 Å². The van der Waals surface area contributed by atoms with Crippen LogP contribution in [0, 0.1) is 0 Å². The highest BCUT2D eigenvalue weighted by molar-refractivity contribution is 7.88. The molecule has 0 aliphatic carbocycles. The van der Waals surface area contributed by atoms with Gasteiger partial charge in [-0.2, -0.15) is 4.98 Å². The van der Waals surface area contributed by atoms with Crippen LogP contribution in [0.25, 0.3) is 11.4 Å². The predicted molar refractivity (Wildman–Crippen MR) is 76.8 cm³/mol. The van der Waals surface area contributed by atoms with Crippen LogP contribution in [0.15, 0.2) is 29.0 Å². The molecule has 0 saturated heterocycles. The number of pyridine rings is 1. The van der Waals surface area contributed by atoms with Crippen LogP contribution < -0.4 is 10.0 Å². The van der Waals surface area contributed by atoms with E-state index in [1.807, 2.05) is 0 Å². The van der Waals surface area contributed by atoms with Crippen LogP contribution in [0.5, 0.6) is 0 Å². The van der Waals surface area contributed by atoms with E-state index in [0.29, 0.717) is 11.4 Å². The number of nitrogens with zero attached hydrogens (tertiary/aromatic N) is 3. The van der Waals surface area contributed by atoms with Crippen molar-refractivity contribution in [1.29, 1.82) is 0 Å². The highest BCUT2D eigenvalue weighted by Gasteiger charge is 2.17. The Morgan fingerprint density at radius 1 is 1.45 bits per heavy atom. The average Bonchev–Trinajstić information content (AvgIpc) is 2.92. The first-order valence-corrected chi connectivity index (χ1v) is 8.22. The van der Waals surface area contributed by atoms with Crippen LogP contribution in [-0.4, -0.2) is 41.7 Å². The summed E-state index contributed by atoms with van der Waals surface area (Å²) in [4.78, 5) is 19.8. The van der Waals surface area contributed by atoms with Gasteiger partial charge in [-0.3, -0.25) is 9.78 Å². The van der Waals surface area contributed by atoms with Crippen molar-refractivity contribution in [2.45, 2.75) is 19.5 Å². The van der Waals surface area contributed by atoms with Crippen molar-refractivity contribution < 1.29 is 17.7 Å². The zero-order valence-electron chi connectivity index (χ0n) is 12.0. The van der Waals surface area contributed by atoms with Crippen molar-refractivity contribution in [3.05, 3.63) is 30.4 Å². The van der Waals surface area contributed by atoms with Gasteiger partial charge in [0.25, 0.3) is 0 Å². The van der Waals surface area contributed by atoms with Crippen LogP contribution in [0.1, 0.15) is 12.8 Å². The van der Waals surface area contributed by atoms with Crippen LogP contribution in [-0.2, 0) is 21.4 Å². The summed E-state index contributed by atoms with van der Waals surface area (Å²) in [7, 11) is -3.45. The summed E-state index contributed by atoms with van der Waals surface area (Å²) in [6.45, 7) is 1.44. The zero-order valence-corrected chi connectivity index (χ0v) is 12.8. The highest BCUT2D eigenvalue weighted by atomic mass is 32.2. The summed E-state index contributed by atoms with van der Waals surface area (Å²) in [5.41, 5.74) is 0.691. The number of aromatic nitrogens is 3. The van der Waals surface area contributed by atoms with Crippen LogP contribution >= 0.6 is 0 Å². The van der Waals surface area contributed by atoms with Crippen LogP contribution in [0.3, 0.4) is 0 Å². The molecule has 1 amide bonds. The van der Waals surface area contributed by atoms with Crippen LogP contribution in [0.2, 0.25) is 0 Å². The molecule has 0 radical (unpaired) electrons. The molecule has 2 N–H and O–H groups in total. The van der Waals surface area contributed by atoms with E-state index >= 15 is 0 Å². The molecule has 22 heavy (non-hydrogen) atoms. The van der Waals surface area contributed by atoms with Gasteiger partial charge in [-0.1, -0.05) is 5.16 Å². The molecular weight excluding hydrogens is 310 g/mol. The quantitative estimate of drug-likeness (QED) is 0.745. The number of nitrogens with one attached hydrogen (secondary N) is 2. The molecule has 9 nitrogen and oxygen atoms in total. The van der Waals surface area contributed by atoms with E-state index in [4.69, 9.17) is 4.52 Å². The molecule has 0 aliphatic rings. The van der Waals surface area contributed by atoms with Gasteiger partial charge in [0.2, 0.25) is 27.6 Å². The first-order chi connectivity index (χ1) is 10.3. The van der Waals surface area contributed by atoms with Crippen molar-refractivity contribution in [3.8, 4) is 11.4 Å². The largest absolute Gasteiger partial charge is 0.346 e. The molecule has 0 spiro atoms. The Hall–Kier alpha value is -2.33. The Balaban J connectivity index is 1.93. The Morgan fingerprint density at radius 3 is 2.86 bits per heavy atom. The third-order valence-corrected chi connectivity index (χ3v) is 3.37. The second-order valence-electron chi connectivity index (χ2n) is 4.58. The summed E-state index contributed by atoms with van der Waals surface area (Å²) < 4.78 is 29.3. The molecule has 2 aromatic heterocycles. The maximum atomic E-state index is 11.7. The maximum absolute atomic E-state index is 11.7. The minimum Gasteiger partial charge on any atom is -0.346 e. The molecule has 2 aromatic rings. The summed E-state index contributed by atoms with van der Waals surface area (Å²) in [6, 6.07) is 2.62. The summed E-state index contributed by atoms with van der Waals surface area (Å²) in [6.07, 6.45) is 4.20. The van der Waals surface area contributed by atoms with Crippen molar-refractivity contribution in [2.24, 2.45) is 0 Å². The fourth-order valence-corrected chi connectivity index (χ4v) is 2.38. The van der Waals surface area contributed by atoms with Crippen molar-refractivity contribution in [1.82, 2.24) is 25.2 Å². The lowest BCUT2D eigenvalue weighted by molar-refractivity contribution is -0.122. The van der Waals surface area contributed by atoms with Gasteiger partial charge in [0, 0.05) is 18.0 Å². The Kier molecular flexibility index (Phi) is 4.83. The molecule has 1 unspecified atom stereocenters. The molecule has 0 fully saturated rings. The summed E-state index contributed by atoms with van der Waals surface area (Å²) in [5, 5.41) is 6.29. The first kappa shape index (κ1) is 16.0. The van der Waals surface area contributed by atoms with E-state index in [1.165, 1.54) is 6.92 Å². The summed E-state index contributed by atoms with van der Waals surface area (Å²) in [5.74, 6) is 0.0740. The fourth-order valence-electron chi connectivity index (χ4n) is 1.63. The summed E-state index contributed by atoms with van der Waals surface area (Å²) >= 11 is 0. The highest BCUT2D eigenvalue weighted by Crippen LogP contribution is 2.13. The third-order valence-electron chi connectivity index (χ3n) is 2.59. The molecule has 1 atom stereocenters. The van der Waals surface area contributed by atoms with Gasteiger partial charge < -0.3 is 9.84 Å². The van der Waals surface area contributed by atoms with E-state index in [-0.39, 0.29) is 12.4 Å². The second kappa shape index (κ2) is 6.62. The Morgan fingerprint density at radius 2 is 2.23 bits per heavy atom. The number of carbonyl (C=O) groups excluding carboxylic acids is 1. The molecule has 10 heteroatoms. The maximum Gasteiger partial charge on any atom is 0.246 e. The van der Waals surface area contributed by atoms with Gasteiger partial charge in [-0.25, -0.2) is 13.1 Å². The van der Waals surface area contributed by atoms with E-state index in [0.717, 1.165) is 6.26 Å². The Bertz CT molecular complexity index is 744. The van der Waals surface area contributed by atoms with E-state index < -0.39 is 22.0 Å². The molecule has 0 aliphatic heterocycles. The normalized spacial score (nSPS) is 12.8. The molecule has 0 aromatic carbocycles. The monoisotopic (exact) mass is 325 g/mol. The number of rotatable bonds is 6. The van der Waals surface area contributed by atoms with E-state index in [2.05, 4.69) is 25.2 Å². The van der Waals surface area contributed by atoms with Gasteiger partial charge in [-0.15, -0.1) is 0 Å². The lowest BCUT2D eigenvalue weighted by Gasteiger charge is -2.11. The average molecular weight is 325 g/mol. The lowest BCUT2D eigenvalue weighted by Crippen LogP contribution is -2.44. The number of carbonyl (C=O) groups is 1. The van der Waals surface area contributed by atoms with Crippen molar-refractivity contribution in [3.63, 3.8) is 0 Å². The molecule has 2 heterocycles. The zero-order chi connectivity index (χ0) is 16.2. The van der Waals surface area contributed by atoms with Crippen LogP contribution in [0.4, 0.5) is 0 Å². The molecule has 118 valence electrons. The number of hydrogen-bond donors (Lipinski definition) is 2. The van der Waals surface area contributed by atoms with Gasteiger partial charge in [0.05, 0.1) is 18.8 Å². The number of sulfonamides is 1. The standard InChI is InChI=1S/C12H15N5O4S/c1-8(17-22(2,19)20)12(18)14-7-10-15-11(16-21-10)9-4-3-5-13-6-9/h3-6,8,17H,7H2,1-2H3,(H,14,18). The van der Waals surface area contributed by atoms with Crippen molar-refractivity contribution >= 4 is 15.9 Å². The topological polar surface area (TPSA) is 127 Å². The van der Waals surface area contributed by atoms with Gasteiger partial charge in [0.15, 0.2) is 0 Å². The minimum absolute atomic E-state index is 0.00186. The molecule has 0 saturated carbocycles. The molecule has 0 bridgehead atoms. The predicted octanol–water partition coefficient (Wildman–Crippen LogP) is -0.314. The molecular formula is C12H15N5O4S. The van der Waals surface area contributed by atoms with Crippen molar-refractivity contribution in [2.75, 3.05) is 6.26 Å². The lowest BCUT2D eigenvalue weighted by atomic mass is 10.3. The second-order valence-corrected chi connectivity index (χ2v) is 6.36. The smallest absolute Gasteiger partial charge is 0.246 e. The Labute approximate surface area is 127 Å².